The van der Waals surface area contributed by atoms with Gasteiger partial charge in [-0.25, -0.2) is 0 Å². The number of carboxylic acid groups (broad SMARTS) is 1. The lowest BCUT2D eigenvalue weighted by Crippen LogP contribution is -2.28. The highest BCUT2D eigenvalue weighted by Crippen LogP contribution is 2.48. The number of pyridine rings is 1. The number of nitrogens with zero attached hydrogens (tertiary/aromatic N) is 2. The minimum atomic E-state index is -0.915. The van der Waals surface area contributed by atoms with E-state index < -0.39 is 11.4 Å². The van der Waals surface area contributed by atoms with Crippen LogP contribution in [-0.2, 0) is 30.8 Å². The van der Waals surface area contributed by atoms with Crippen molar-refractivity contribution in [1.29, 1.82) is 0 Å². The second-order valence-corrected chi connectivity index (χ2v) is 13.2. The van der Waals surface area contributed by atoms with Gasteiger partial charge in [-0.2, -0.15) is 0 Å². The number of benzene rings is 3. The Hall–Kier alpha value is -4.23. The van der Waals surface area contributed by atoms with Gasteiger partial charge in [0.25, 0.3) is 0 Å². The van der Waals surface area contributed by atoms with Gasteiger partial charge in [-0.15, -0.1) is 11.8 Å². The molecular formula is C36H36N2O4S. The molecule has 6 nitrogen and oxygen atoms in total. The van der Waals surface area contributed by atoms with Gasteiger partial charge in [0.1, 0.15) is 24.7 Å². The molecule has 1 unspecified atom stereocenters. The maximum Gasteiger partial charge on any atom is 0.309 e. The predicted molar refractivity (Wildman–Crippen MR) is 172 cm³/mol. The third kappa shape index (κ3) is 6.13. The molecule has 0 saturated carbocycles. The van der Waals surface area contributed by atoms with Crippen LogP contribution < -0.4 is 9.47 Å². The molecule has 0 amide bonds. The minimum Gasteiger partial charge on any atom is -0.492 e. The molecule has 43 heavy (non-hydrogen) atoms. The molecule has 7 heteroatoms. The van der Waals surface area contributed by atoms with Gasteiger partial charge in [0.2, 0.25) is 0 Å². The van der Waals surface area contributed by atoms with Gasteiger partial charge in [0.15, 0.2) is 0 Å². The van der Waals surface area contributed by atoms with E-state index >= 15 is 0 Å². The highest BCUT2D eigenvalue weighted by Gasteiger charge is 2.34. The lowest BCUT2D eigenvalue weighted by Gasteiger charge is -2.24. The van der Waals surface area contributed by atoms with Crippen LogP contribution in [0, 0.1) is 5.41 Å². The Morgan fingerprint density at radius 3 is 2.42 bits per heavy atom. The van der Waals surface area contributed by atoms with E-state index in [0.29, 0.717) is 31.4 Å². The molecule has 3 aromatic carbocycles. The van der Waals surface area contributed by atoms with Gasteiger partial charge in [0.05, 0.1) is 23.2 Å². The topological polar surface area (TPSA) is 73.6 Å². The summed E-state index contributed by atoms with van der Waals surface area (Å²) < 4.78 is 14.8. The van der Waals surface area contributed by atoms with Crippen LogP contribution in [0.5, 0.6) is 11.5 Å². The fourth-order valence-corrected chi connectivity index (χ4v) is 6.98. The van der Waals surface area contributed by atoms with E-state index in [1.54, 1.807) is 13.8 Å². The van der Waals surface area contributed by atoms with Crippen molar-refractivity contribution >= 4 is 28.6 Å². The summed E-state index contributed by atoms with van der Waals surface area (Å²) in [6.07, 6.45) is 3.19. The molecule has 6 rings (SSSR count). The molecule has 2 aromatic heterocycles. The predicted octanol–water partition coefficient (Wildman–Crippen LogP) is 8.05. The average molecular weight is 593 g/mol. The molecule has 220 valence electrons. The quantitative estimate of drug-likeness (QED) is 0.167. The molecule has 1 N–H and O–H groups in total. The van der Waals surface area contributed by atoms with E-state index in [0.717, 1.165) is 50.8 Å². The van der Waals surface area contributed by atoms with Gasteiger partial charge in [-0.3, -0.25) is 9.78 Å². The minimum absolute atomic E-state index is 0.326. The Morgan fingerprint density at radius 2 is 1.72 bits per heavy atom. The monoisotopic (exact) mass is 592 g/mol. The van der Waals surface area contributed by atoms with E-state index in [2.05, 4.69) is 46.8 Å². The molecule has 1 atom stereocenters. The van der Waals surface area contributed by atoms with Gasteiger partial charge < -0.3 is 19.1 Å². The van der Waals surface area contributed by atoms with Gasteiger partial charge in [0, 0.05) is 45.0 Å². The molecular weight excluding hydrogens is 556 g/mol. The number of ether oxygens (including phenoxy) is 2. The summed E-state index contributed by atoms with van der Waals surface area (Å²) in [6.45, 7) is 7.28. The van der Waals surface area contributed by atoms with Gasteiger partial charge >= 0.3 is 5.97 Å². The molecule has 5 aromatic rings. The molecule has 0 spiro atoms. The summed E-state index contributed by atoms with van der Waals surface area (Å²) in [6, 6.07) is 28.3. The maximum absolute atomic E-state index is 12.2. The van der Waals surface area contributed by atoms with E-state index in [9.17, 15) is 9.90 Å². The Bertz CT molecular complexity index is 1730. The van der Waals surface area contributed by atoms with Crippen molar-refractivity contribution in [3.05, 3.63) is 108 Å². The smallest absolute Gasteiger partial charge is 0.309 e. The van der Waals surface area contributed by atoms with Crippen molar-refractivity contribution in [2.24, 2.45) is 5.41 Å². The van der Waals surface area contributed by atoms with Crippen molar-refractivity contribution < 1.29 is 19.4 Å². The second kappa shape index (κ2) is 12.2. The number of carbonyl (C=O) groups is 1. The number of aliphatic carboxylic acids is 1. The van der Waals surface area contributed by atoms with Crippen LogP contribution in [-0.4, -0.2) is 32.5 Å². The SMILES string of the molecule is CC1Cc2c(OCc3ccc(-c4ccccc4)cn3)ccc3c2c(c(CC(C)(C)C(=O)O)n3CCOc2ccccc2)S1. The molecule has 0 fully saturated rings. The molecule has 1 aliphatic rings. The van der Waals surface area contributed by atoms with Crippen LogP contribution in [0.3, 0.4) is 0 Å². The summed E-state index contributed by atoms with van der Waals surface area (Å²) in [7, 11) is 0. The van der Waals surface area contributed by atoms with Crippen LogP contribution in [0.25, 0.3) is 22.0 Å². The zero-order valence-corrected chi connectivity index (χ0v) is 25.6. The average Bonchev–Trinajstić information content (AvgIpc) is 3.29. The summed E-state index contributed by atoms with van der Waals surface area (Å²) in [5.41, 5.74) is 5.48. The molecule has 0 aliphatic carbocycles. The molecule has 1 aliphatic heterocycles. The first-order valence-corrected chi connectivity index (χ1v) is 15.6. The number of para-hydroxylation sites is 1. The molecule has 0 saturated heterocycles. The third-order valence-electron chi connectivity index (χ3n) is 7.99. The Labute approximate surface area is 256 Å². The lowest BCUT2D eigenvalue weighted by atomic mass is 9.88. The largest absolute Gasteiger partial charge is 0.492 e. The van der Waals surface area contributed by atoms with Crippen molar-refractivity contribution in [2.75, 3.05) is 6.61 Å². The number of thioether (sulfide) groups is 1. The number of hydrogen-bond donors (Lipinski definition) is 1. The van der Waals surface area contributed by atoms with Crippen molar-refractivity contribution in [1.82, 2.24) is 9.55 Å². The fraction of sp³-hybridized carbons (Fsp3) is 0.278. The van der Waals surface area contributed by atoms with Crippen molar-refractivity contribution in [2.45, 2.75) is 56.9 Å². The zero-order valence-electron chi connectivity index (χ0n) is 24.7. The summed E-state index contributed by atoms with van der Waals surface area (Å²) in [4.78, 5) is 18.0. The Balaban J connectivity index is 1.32. The van der Waals surface area contributed by atoms with Crippen LogP contribution in [0.15, 0.2) is 96.0 Å². The van der Waals surface area contributed by atoms with Crippen LogP contribution in [0.2, 0.25) is 0 Å². The van der Waals surface area contributed by atoms with Crippen LogP contribution in [0.4, 0.5) is 0 Å². The van der Waals surface area contributed by atoms with E-state index in [1.807, 2.05) is 72.6 Å². The van der Waals surface area contributed by atoms with Crippen LogP contribution >= 0.6 is 11.8 Å². The normalized spacial score (nSPS) is 14.5. The highest BCUT2D eigenvalue weighted by atomic mass is 32.2. The Kier molecular flexibility index (Phi) is 8.17. The number of rotatable bonds is 11. The maximum atomic E-state index is 12.2. The lowest BCUT2D eigenvalue weighted by molar-refractivity contribution is -0.146. The van der Waals surface area contributed by atoms with Gasteiger partial charge in [-0.05, 0) is 56.2 Å². The second-order valence-electron chi connectivity index (χ2n) is 11.7. The van der Waals surface area contributed by atoms with E-state index in [4.69, 9.17) is 9.47 Å². The molecule has 0 radical (unpaired) electrons. The highest BCUT2D eigenvalue weighted by molar-refractivity contribution is 8.00. The summed E-state index contributed by atoms with van der Waals surface area (Å²) in [5.74, 6) is 0.873. The van der Waals surface area contributed by atoms with Crippen molar-refractivity contribution in [3.63, 3.8) is 0 Å². The first-order chi connectivity index (χ1) is 20.8. The first-order valence-electron chi connectivity index (χ1n) is 14.7. The standard InChI is InChI=1S/C36H36N2O4S/c1-24-20-29-32(42-23-27-15-14-26(22-37-27)25-10-6-4-7-11-25)17-16-30-33(29)34(43-24)31(21-36(2,3)35(39)40)38(30)18-19-41-28-12-8-5-9-13-28/h4-17,22,24H,18-21,23H2,1-3H3,(H,39,40). The summed E-state index contributed by atoms with van der Waals surface area (Å²) >= 11 is 1.83. The summed E-state index contributed by atoms with van der Waals surface area (Å²) in [5, 5.41) is 11.5. The fourth-order valence-electron chi connectivity index (χ4n) is 5.66. The number of aromatic nitrogens is 2. The number of carboxylic acids is 1. The first kappa shape index (κ1) is 28.9. The molecule has 0 bridgehead atoms. The molecule has 3 heterocycles. The van der Waals surface area contributed by atoms with Gasteiger partial charge in [-0.1, -0.05) is 61.5 Å². The van der Waals surface area contributed by atoms with E-state index in [1.165, 1.54) is 10.9 Å². The van der Waals surface area contributed by atoms with Crippen molar-refractivity contribution in [3.8, 4) is 22.6 Å². The van der Waals surface area contributed by atoms with Crippen LogP contribution in [0.1, 0.15) is 37.7 Å². The number of hydrogen-bond acceptors (Lipinski definition) is 5. The third-order valence-corrected chi connectivity index (χ3v) is 9.23. The van der Waals surface area contributed by atoms with E-state index in [-0.39, 0.29) is 0 Å². The zero-order chi connectivity index (χ0) is 30.0. The Morgan fingerprint density at radius 1 is 0.977 bits per heavy atom.